The van der Waals surface area contributed by atoms with E-state index in [4.69, 9.17) is 5.73 Å². The standard InChI is InChI=1S/C21H27N5O2/c1-25-10-6-7-15(13-25)14-26(2)21(28)17(12-22)20-23-18(11-19(27)24-20)16-8-4-3-5-9-16/h3-5,8-9,11-12,15H,6-7,10,13-14,22H2,1-2H3,(H,23,24,27). The van der Waals surface area contributed by atoms with Crippen LogP contribution in [0.1, 0.15) is 18.7 Å². The lowest BCUT2D eigenvalue weighted by molar-refractivity contribution is -0.124. The number of H-pyrrole nitrogens is 1. The van der Waals surface area contributed by atoms with E-state index in [9.17, 15) is 9.59 Å². The molecule has 1 saturated heterocycles. The summed E-state index contributed by atoms with van der Waals surface area (Å²) in [6.45, 7) is 2.71. The monoisotopic (exact) mass is 381 g/mol. The van der Waals surface area contributed by atoms with Crippen molar-refractivity contribution >= 4 is 11.5 Å². The average molecular weight is 381 g/mol. The quantitative estimate of drug-likeness (QED) is 0.766. The van der Waals surface area contributed by atoms with Crippen LogP contribution in [0.3, 0.4) is 0 Å². The number of piperidine rings is 1. The Balaban J connectivity index is 1.82. The molecular weight excluding hydrogens is 354 g/mol. The van der Waals surface area contributed by atoms with Gasteiger partial charge in [-0.05, 0) is 32.4 Å². The van der Waals surface area contributed by atoms with Gasteiger partial charge in [0.1, 0.15) is 5.82 Å². The van der Waals surface area contributed by atoms with Gasteiger partial charge in [0, 0.05) is 38.0 Å². The van der Waals surface area contributed by atoms with Crippen LogP contribution in [0.15, 0.2) is 47.4 Å². The summed E-state index contributed by atoms with van der Waals surface area (Å²) < 4.78 is 0. The first kappa shape index (κ1) is 19.8. The third-order valence-electron chi connectivity index (χ3n) is 5.06. The largest absolute Gasteiger partial charge is 0.404 e. The first-order valence-electron chi connectivity index (χ1n) is 9.51. The molecule has 0 saturated carbocycles. The van der Waals surface area contributed by atoms with Crippen molar-refractivity contribution in [2.24, 2.45) is 11.7 Å². The predicted octanol–water partition coefficient (Wildman–Crippen LogP) is 1.54. The molecule has 1 aliphatic rings. The van der Waals surface area contributed by atoms with E-state index in [1.807, 2.05) is 30.3 Å². The van der Waals surface area contributed by atoms with E-state index in [0.29, 0.717) is 18.2 Å². The Morgan fingerprint density at radius 3 is 2.82 bits per heavy atom. The summed E-state index contributed by atoms with van der Waals surface area (Å²) in [4.78, 5) is 36.2. The zero-order valence-electron chi connectivity index (χ0n) is 16.4. The number of hydrogen-bond acceptors (Lipinski definition) is 5. The van der Waals surface area contributed by atoms with Gasteiger partial charge < -0.3 is 20.5 Å². The van der Waals surface area contributed by atoms with Gasteiger partial charge in [0.15, 0.2) is 0 Å². The number of nitrogens with two attached hydrogens (primary N) is 1. The molecular formula is C21H27N5O2. The van der Waals surface area contributed by atoms with E-state index in [2.05, 4.69) is 21.9 Å². The first-order chi connectivity index (χ1) is 13.5. The van der Waals surface area contributed by atoms with E-state index in [1.54, 1.807) is 11.9 Å². The van der Waals surface area contributed by atoms with Crippen molar-refractivity contribution in [3.8, 4) is 11.3 Å². The predicted molar refractivity (Wildman–Crippen MR) is 110 cm³/mol. The second kappa shape index (κ2) is 8.84. The number of benzene rings is 1. The molecule has 1 atom stereocenters. The van der Waals surface area contributed by atoms with Gasteiger partial charge in [-0.3, -0.25) is 9.59 Å². The molecule has 1 aromatic carbocycles. The molecule has 1 unspecified atom stereocenters. The van der Waals surface area contributed by atoms with Crippen LogP contribution < -0.4 is 11.3 Å². The molecule has 1 aliphatic heterocycles. The molecule has 0 aliphatic carbocycles. The molecule has 3 N–H and O–H groups in total. The normalized spacial score (nSPS) is 18.1. The maximum Gasteiger partial charge on any atom is 0.258 e. The maximum atomic E-state index is 13.0. The van der Waals surface area contributed by atoms with E-state index in [1.165, 1.54) is 12.3 Å². The Morgan fingerprint density at radius 1 is 1.39 bits per heavy atom. The Bertz CT molecular complexity index is 907. The third-order valence-corrected chi connectivity index (χ3v) is 5.06. The molecule has 2 heterocycles. The van der Waals surface area contributed by atoms with E-state index < -0.39 is 0 Å². The van der Waals surface area contributed by atoms with Crippen LogP contribution in [-0.2, 0) is 4.79 Å². The number of aromatic nitrogens is 2. The van der Waals surface area contributed by atoms with E-state index in [-0.39, 0.29) is 22.9 Å². The maximum absolute atomic E-state index is 13.0. The number of rotatable bonds is 5. The second-order valence-electron chi connectivity index (χ2n) is 7.38. The van der Waals surface area contributed by atoms with Crippen molar-refractivity contribution in [1.82, 2.24) is 19.8 Å². The molecule has 1 amide bonds. The molecule has 7 heteroatoms. The molecule has 148 valence electrons. The summed E-state index contributed by atoms with van der Waals surface area (Å²) in [7, 11) is 3.86. The van der Waals surface area contributed by atoms with Crippen molar-refractivity contribution < 1.29 is 4.79 Å². The van der Waals surface area contributed by atoms with Crippen LogP contribution in [0.5, 0.6) is 0 Å². The number of likely N-dealkylation sites (N-methyl/N-ethyl adjacent to an activating group) is 1. The second-order valence-corrected chi connectivity index (χ2v) is 7.38. The van der Waals surface area contributed by atoms with Gasteiger partial charge in [-0.2, -0.15) is 0 Å². The fraction of sp³-hybridized carbons (Fsp3) is 0.381. The molecule has 28 heavy (non-hydrogen) atoms. The molecule has 1 aromatic heterocycles. The molecule has 0 radical (unpaired) electrons. The number of aromatic amines is 1. The summed E-state index contributed by atoms with van der Waals surface area (Å²) in [5.41, 5.74) is 6.93. The number of carbonyl (C=O) groups is 1. The van der Waals surface area contributed by atoms with Crippen molar-refractivity contribution in [3.63, 3.8) is 0 Å². The van der Waals surface area contributed by atoms with Gasteiger partial charge in [0.05, 0.1) is 11.3 Å². The Morgan fingerprint density at radius 2 is 2.14 bits per heavy atom. The van der Waals surface area contributed by atoms with Gasteiger partial charge in [0.2, 0.25) is 0 Å². The van der Waals surface area contributed by atoms with Gasteiger partial charge in [0.25, 0.3) is 11.5 Å². The molecule has 3 rings (SSSR count). The topological polar surface area (TPSA) is 95.3 Å². The zero-order valence-corrected chi connectivity index (χ0v) is 16.4. The van der Waals surface area contributed by atoms with Crippen LogP contribution in [0.4, 0.5) is 0 Å². The van der Waals surface area contributed by atoms with E-state index in [0.717, 1.165) is 31.5 Å². The van der Waals surface area contributed by atoms with Crippen LogP contribution >= 0.6 is 0 Å². The third kappa shape index (κ3) is 4.67. The summed E-state index contributed by atoms with van der Waals surface area (Å²) in [6.07, 6.45) is 3.46. The summed E-state index contributed by atoms with van der Waals surface area (Å²) in [5.74, 6) is 0.366. The lowest BCUT2D eigenvalue weighted by Gasteiger charge is -2.32. The highest BCUT2D eigenvalue weighted by Gasteiger charge is 2.24. The van der Waals surface area contributed by atoms with Crippen molar-refractivity contribution in [1.29, 1.82) is 0 Å². The number of hydrogen-bond donors (Lipinski definition) is 2. The molecule has 7 nitrogen and oxygen atoms in total. The van der Waals surface area contributed by atoms with Crippen LogP contribution in [0.25, 0.3) is 16.8 Å². The van der Waals surface area contributed by atoms with Crippen LogP contribution in [0, 0.1) is 5.92 Å². The van der Waals surface area contributed by atoms with Gasteiger partial charge in [-0.1, -0.05) is 30.3 Å². The molecule has 0 spiro atoms. The van der Waals surface area contributed by atoms with Gasteiger partial charge in [-0.25, -0.2) is 4.98 Å². The Kier molecular flexibility index (Phi) is 6.26. The lowest BCUT2D eigenvalue weighted by atomic mass is 9.98. The van der Waals surface area contributed by atoms with Crippen LogP contribution in [-0.4, -0.2) is 59.4 Å². The number of nitrogens with zero attached hydrogens (tertiary/aromatic N) is 3. The SMILES string of the molecule is CN1CCCC(CN(C)C(=O)C(=CN)c2nc(-c3ccccc3)cc(=O)[nH]2)C1. The van der Waals surface area contributed by atoms with E-state index >= 15 is 0 Å². The van der Waals surface area contributed by atoms with Crippen LogP contribution in [0.2, 0.25) is 0 Å². The van der Waals surface area contributed by atoms with Gasteiger partial charge >= 0.3 is 0 Å². The number of carbonyl (C=O) groups excluding carboxylic acids is 1. The molecule has 2 aromatic rings. The van der Waals surface area contributed by atoms with Crippen molar-refractivity contribution in [2.75, 3.05) is 33.7 Å². The fourth-order valence-corrected chi connectivity index (χ4v) is 3.69. The minimum Gasteiger partial charge on any atom is -0.404 e. The highest BCUT2D eigenvalue weighted by atomic mass is 16.2. The highest BCUT2D eigenvalue weighted by Crippen LogP contribution is 2.20. The minimum atomic E-state index is -0.326. The summed E-state index contributed by atoms with van der Waals surface area (Å²) >= 11 is 0. The smallest absolute Gasteiger partial charge is 0.258 e. The fourth-order valence-electron chi connectivity index (χ4n) is 3.69. The zero-order chi connectivity index (χ0) is 20.1. The summed E-state index contributed by atoms with van der Waals surface area (Å²) in [5, 5.41) is 0. The summed E-state index contributed by atoms with van der Waals surface area (Å²) in [6, 6.07) is 10.8. The average Bonchev–Trinajstić information content (AvgIpc) is 2.69. The Hall–Kier alpha value is -2.93. The first-order valence-corrected chi connectivity index (χ1v) is 9.51. The Labute approximate surface area is 164 Å². The number of nitrogens with one attached hydrogen (secondary N) is 1. The van der Waals surface area contributed by atoms with Crippen molar-refractivity contribution in [2.45, 2.75) is 12.8 Å². The molecule has 0 bridgehead atoms. The minimum absolute atomic E-state index is 0.187. The van der Waals surface area contributed by atoms with Crippen molar-refractivity contribution in [3.05, 3.63) is 58.8 Å². The number of likely N-dealkylation sites (tertiary alicyclic amines) is 1. The van der Waals surface area contributed by atoms with Gasteiger partial charge in [-0.15, -0.1) is 0 Å². The lowest BCUT2D eigenvalue weighted by Crippen LogP contribution is -2.40. The highest BCUT2D eigenvalue weighted by molar-refractivity contribution is 6.18. The number of amides is 1. The molecule has 1 fully saturated rings.